The van der Waals surface area contributed by atoms with Gasteiger partial charge in [-0.3, -0.25) is 4.79 Å². The maximum absolute atomic E-state index is 11.5. The van der Waals surface area contributed by atoms with E-state index < -0.39 is 20.4 Å². The Kier molecular flexibility index (Phi) is 6.75. The van der Waals surface area contributed by atoms with Gasteiger partial charge in [0.2, 0.25) is 0 Å². The summed E-state index contributed by atoms with van der Waals surface area (Å²) in [6.07, 6.45) is -0.974. The molecule has 0 bridgehead atoms. The van der Waals surface area contributed by atoms with Crippen molar-refractivity contribution in [3.63, 3.8) is 0 Å². The molecule has 2 aromatic rings. The molecule has 4 nitrogen and oxygen atoms in total. The molecular weight excluding hydrogens is 344 g/mol. The van der Waals surface area contributed by atoms with E-state index in [0.717, 1.165) is 10.4 Å². The van der Waals surface area contributed by atoms with Crippen LogP contribution in [0.1, 0.15) is 27.2 Å². The highest BCUT2D eigenvalue weighted by Gasteiger charge is 2.50. The van der Waals surface area contributed by atoms with E-state index in [1.165, 1.54) is 7.11 Å². The first-order chi connectivity index (χ1) is 12.3. The molecule has 2 rings (SSSR count). The molecule has 0 amide bonds. The van der Waals surface area contributed by atoms with Gasteiger partial charge in [-0.15, -0.1) is 0 Å². The molecule has 0 unspecified atom stereocenters. The van der Waals surface area contributed by atoms with Crippen LogP contribution >= 0.6 is 0 Å². The van der Waals surface area contributed by atoms with E-state index in [-0.39, 0.29) is 18.1 Å². The van der Waals surface area contributed by atoms with Gasteiger partial charge in [-0.2, -0.15) is 0 Å². The second-order valence-corrected chi connectivity index (χ2v) is 11.7. The summed E-state index contributed by atoms with van der Waals surface area (Å²) in [4.78, 5) is 11.5. The maximum atomic E-state index is 11.5. The largest absolute Gasteiger partial charge is 0.469 e. The molecular formula is C21H28O4Si. The Morgan fingerprint density at radius 3 is 1.85 bits per heavy atom. The zero-order chi connectivity index (χ0) is 19.2. The minimum absolute atomic E-state index is 0.0747. The molecule has 0 heterocycles. The standard InChI is InChI=1S/C21H28O4Si/c1-21(2,3)26(18-11-7-5-8-12-18,19-13-9-6-10-14-19)25-16-17(22)15-20(23)24-4/h5-14,17,22H,15-16H2,1-4H3/t17-/m0/s1. The molecule has 0 saturated carbocycles. The lowest BCUT2D eigenvalue weighted by Crippen LogP contribution is -2.67. The molecule has 26 heavy (non-hydrogen) atoms. The van der Waals surface area contributed by atoms with Gasteiger partial charge in [-0.25, -0.2) is 0 Å². The number of ether oxygens (including phenoxy) is 1. The van der Waals surface area contributed by atoms with Crippen molar-refractivity contribution in [1.29, 1.82) is 0 Å². The van der Waals surface area contributed by atoms with E-state index >= 15 is 0 Å². The van der Waals surface area contributed by atoms with Crippen LogP contribution in [0.25, 0.3) is 0 Å². The predicted molar refractivity (Wildman–Crippen MR) is 106 cm³/mol. The first-order valence-corrected chi connectivity index (χ1v) is 10.7. The van der Waals surface area contributed by atoms with Gasteiger partial charge in [0, 0.05) is 0 Å². The number of aliphatic hydroxyl groups is 1. The molecule has 0 fully saturated rings. The molecule has 0 aliphatic carbocycles. The molecule has 1 atom stereocenters. The first-order valence-electron chi connectivity index (χ1n) is 8.81. The van der Waals surface area contributed by atoms with Crippen LogP contribution in [0.15, 0.2) is 60.7 Å². The molecule has 5 heteroatoms. The van der Waals surface area contributed by atoms with Crippen molar-refractivity contribution in [2.45, 2.75) is 38.3 Å². The van der Waals surface area contributed by atoms with Gasteiger partial charge in [-0.05, 0) is 15.4 Å². The molecule has 0 aromatic heterocycles. The van der Waals surface area contributed by atoms with Crippen molar-refractivity contribution in [2.75, 3.05) is 13.7 Å². The SMILES string of the molecule is COC(=O)C[C@H](O)CO[Si](c1ccccc1)(c1ccccc1)C(C)(C)C. The fourth-order valence-electron chi connectivity index (χ4n) is 3.32. The van der Waals surface area contributed by atoms with Gasteiger partial charge in [0.05, 0.1) is 26.2 Å². The smallest absolute Gasteiger partial charge is 0.308 e. The normalized spacial score (nSPS) is 13.3. The second kappa shape index (κ2) is 8.62. The van der Waals surface area contributed by atoms with Gasteiger partial charge in [-0.1, -0.05) is 81.4 Å². The van der Waals surface area contributed by atoms with E-state index in [1.54, 1.807) is 0 Å². The van der Waals surface area contributed by atoms with Crippen LogP contribution in [0.4, 0.5) is 0 Å². The lowest BCUT2D eigenvalue weighted by Gasteiger charge is -2.43. The molecule has 0 aliphatic rings. The van der Waals surface area contributed by atoms with Crippen LogP contribution in [-0.2, 0) is 14.0 Å². The monoisotopic (exact) mass is 372 g/mol. The summed E-state index contributed by atoms with van der Waals surface area (Å²) in [6.45, 7) is 6.60. The van der Waals surface area contributed by atoms with Crippen LogP contribution in [0.5, 0.6) is 0 Å². The quantitative estimate of drug-likeness (QED) is 0.599. The number of methoxy groups -OCH3 is 1. The lowest BCUT2D eigenvalue weighted by molar-refractivity contribution is -0.143. The summed E-state index contributed by atoms with van der Waals surface area (Å²) in [5.41, 5.74) is 0. The Labute approximate surface area is 156 Å². The minimum atomic E-state index is -2.69. The summed E-state index contributed by atoms with van der Waals surface area (Å²) >= 11 is 0. The number of benzene rings is 2. The van der Waals surface area contributed by atoms with Gasteiger partial charge in [0.15, 0.2) is 0 Å². The van der Waals surface area contributed by atoms with Crippen LogP contribution in [0.3, 0.4) is 0 Å². The molecule has 0 spiro atoms. The average Bonchev–Trinajstić information content (AvgIpc) is 2.62. The number of esters is 1. The van der Waals surface area contributed by atoms with Crippen LogP contribution in [0, 0.1) is 0 Å². The molecule has 1 N–H and O–H groups in total. The summed E-state index contributed by atoms with van der Waals surface area (Å²) in [5.74, 6) is -0.441. The van der Waals surface area contributed by atoms with Crippen molar-refractivity contribution in [3.05, 3.63) is 60.7 Å². The Morgan fingerprint density at radius 1 is 1.00 bits per heavy atom. The summed E-state index contributed by atoms with van der Waals surface area (Å²) in [6, 6.07) is 20.4. The van der Waals surface area contributed by atoms with E-state index in [4.69, 9.17) is 4.43 Å². The Bertz CT molecular complexity index is 655. The lowest BCUT2D eigenvalue weighted by atomic mass is 10.2. The fourth-order valence-corrected chi connectivity index (χ4v) is 7.92. The fraction of sp³-hybridized carbons (Fsp3) is 0.381. The second-order valence-electron chi connectivity index (χ2n) is 7.41. The third kappa shape index (κ3) is 4.41. The number of rotatable bonds is 7. The first kappa shape index (κ1) is 20.4. The Balaban J connectivity index is 2.46. The maximum Gasteiger partial charge on any atom is 0.308 e. The van der Waals surface area contributed by atoms with E-state index in [0.29, 0.717) is 0 Å². The van der Waals surface area contributed by atoms with Crippen LogP contribution in [-0.4, -0.2) is 39.2 Å². The summed E-state index contributed by atoms with van der Waals surface area (Å²) < 4.78 is 11.2. The third-order valence-electron chi connectivity index (χ3n) is 4.54. The minimum Gasteiger partial charge on any atom is -0.469 e. The number of hydrogen-bond acceptors (Lipinski definition) is 4. The van der Waals surface area contributed by atoms with E-state index in [2.05, 4.69) is 49.8 Å². The van der Waals surface area contributed by atoms with Crippen LogP contribution in [0.2, 0.25) is 5.04 Å². The number of hydrogen-bond donors (Lipinski definition) is 1. The highest BCUT2D eigenvalue weighted by molar-refractivity contribution is 6.99. The van der Waals surface area contributed by atoms with Crippen molar-refractivity contribution in [1.82, 2.24) is 0 Å². The number of carbonyl (C=O) groups excluding carboxylic acids is 1. The van der Waals surface area contributed by atoms with Gasteiger partial charge < -0.3 is 14.3 Å². The topological polar surface area (TPSA) is 55.8 Å². The number of carbonyl (C=O) groups is 1. The molecule has 140 valence electrons. The molecule has 0 radical (unpaired) electrons. The zero-order valence-electron chi connectivity index (χ0n) is 15.9. The summed E-state index contributed by atoms with van der Waals surface area (Å²) in [7, 11) is -1.37. The van der Waals surface area contributed by atoms with Crippen molar-refractivity contribution < 1.29 is 19.1 Å². The zero-order valence-corrected chi connectivity index (χ0v) is 16.9. The summed E-state index contributed by atoms with van der Waals surface area (Å²) in [5, 5.41) is 12.4. The molecule has 0 saturated heterocycles. The Hall–Kier alpha value is -1.95. The van der Waals surface area contributed by atoms with Crippen molar-refractivity contribution >= 4 is 24.7 Å². The average molecular weight is 373 g/mol. The van der Waals surface area contributed by atoms with E-state index in [1.807, 2.05) is 36.4 Å². The highest BCUT2D eigenvalue weighted by Crippen LogP contribution is 2.36. The van der Waals surface area contributed by atoms with Crippen molar-refractivity contribution in [3.8, 4) is 0 Å². The predicted octanol–water partition coefficient (Wildman–Crippen LogP) is 2.49. The van der Waals surface area contributed by atoms with Crippen molar-refractivity contribution in [2.24, 2.45) is 0 Å². The van der Waals surface area contributed by atoms with E-state index in [9.17, 15) is 9.90 Å². The van der Waals surface area contributed by atoms with Gasteiger partial charge in [0.25, 0.3) is 8.32 Å². The number of aliphatic hydroxyl groups excluding tert-OH is 1. The molecule has 0 aliphatic heterocycles. The highest BCUT2D eigenvalue weighted by atomic mass is 28.4. The third-order valence-corrected chi connectivity index (χ3v) is 9.54. The van der Waals surface area contributed by atoms with Gasteiger partial charge >= 0.3 is 5.97 Å². The van der Waals surface area contributed by atoms with Gasteiger partial charge in [0.1, 0.15) is 0 Å². The Morgan fingerprint density at radius 2 is 1.46 bits per heavy atom. The van der Waals surface area contributed by atoms with Crippen LogP contribution < -0.4 is 10.4 Å². The molecule has 2 aromatic carbocycles.